The predicted molar refractivity (Wildman–Crippen MR) is 82.2 cm³/mol. The first-order valence-corrected chi connectivity index (χ1v) is 7.07. The van der Waals surface area contributed by atoms with Gasteiger partial charge in [0.2, 0.25) is 0 Å². The van der Waals surface area contributed by atoms with E-state index >= 15 is 0 Å². The van der Waals surface area contributed by atoms with Crippen LogP contribution in [0.2, 0.25) is 0 Å². The van der Waals surface area contributed by atoms with Crippen LogP contribution in [0.4, 0.5) is 0 Å². The van der Waals surface area contributed by atoms with E-state index in [-0.39, 0.29) is 5.69 Å². The van der Waals surface area contributed by atoms with Crippen molar-refractivity contribution >= 4 is 43.8 Å². The Kier molecular flexibility index (Phi) is 6.97. The zero-order valence-electron chi connectivity index (χ0n) is 10.8. The summed E-state index contributed by atoms with van der Waals surface area (Å²) in [5.74, 6) is -1.44. The van der Waals surface area contributed by atoms with Gasteiger partial charge in [0.25, 0.3) is 0 Å². The molecule has 0 unspecified atom stereocenters. The third-order valence-corrected chi connectivity index (χ3v) is 3.04. The van der Waals surface area contributed by atoms with Crippen molar-refractivity contribution in [3.05, 3.63) is 57.0 Å². The van der Waals surface area contributed by atoms with Crippen molar-refractivity contribution < 1.29 is 19.4 Å². The maximum Gasteiger partial charge on any atom is 0.356 e. The number of hydrogen-bond donors (Lipinski definition) is 1. The Hall–Kier alpha value is -1.80. The van der Waals surface area contributed by atoms with Gasteiger partial charge in [0.15, 0.2) is 0 Å². The zero-order chi connectivity index (χ0) is 15.8. The summed E-state index contributed by atoms with van der Waals surface area (Å²) in [6.07, 6.45) is 2.98. The molecule has 8 heteroatoms. The first kappa shape index (κ1) is 17.3. The molecule has 21 heavy (non-hydrogen) atoms. The highest BCUT2D eigenvalue weighted by Gasteiger charge is 2.05. The van der Waals surface area contributed by atoms with E-state index in [0.29, 0.717) is 5.69 Å². The molecule has 0 aliphatic heterocycles. The highest BCUT2D eigenvalue weighted by molar-refractivity contribution is 9.10. The molecule has 6 nitrogen and oxygen atoms in total. The summed E-state index contributed by atoms with van der Waals surface area (Å²) in [6.45, 7) is 0. The number of carboxylic acid groups (broad SMARTS) is 1. The Labute approximate surface area is 137 Å². The minimum Gasteiger partial charge on any atom is -0.477 e. The molecule has 1 N–H and O–H groups in total. The van der Waals surface area contributed by atoms with E-state index in [1.807, 2.05) is 0 Å². The van der Waals surface area contributed by atoms with Crippen molar-refractivity contribution in [3.8, 4) is 0 Å². The first-order valence-electron chi connectivity index (χ1n) is 5.48. The Bertz CT molecular complexity index is 650. The Morgan fingerprint density at radius 1 is 1.05 bits per heavy atom. The SMILES string of the molecule is COC(=O)c1cc(Br)ccn1.O=C(O)c1cc(Br)ccn1. The summed E-state index contributed by atoms with van der Waals surface area (Å²) < 4.78 is 6.00. The van der Waals surface area contributed by atoms with E-state index < -0.39 is 11.9 Å². The van der Waals surface area contributed by atoms with E-state index in [2.05, 4.69) is 46.6 Å². The fourth-order valence-corrected chi connectivity index (χ4v) is 1.81. The van der Waals surface area contributed by atoms with Gasteiger partial charge in [0.05, 0.1) is 7.11 Å². The van der Waals surface area contributed by atoms with Crippen LogP contribution in [-0.2, 0) is 4.74 Å². The molecule has 0 saturated carbocycles. The normalized spacial score (nSPS) is 9.29. The molecule has 0 aliphatic carbocycles. The van der Waals surface area contributed by atoms with Crippen LogP contribution >= 0.6 is 31.9 Å². The second kappa shape index (κ2) is 8.48. The van der Waals surface area contributed by atoms with Gasteiger partial charge >= 0.3 is 11.9 Å². The average molecular weight is 418 g/mol. The number of ether oxygens (including phenoxy) is 1. The van der Waals surface area contributed by atoms with Crippen molar-refractivity contribution in [2.24, 2.45) is 0 Å². The van der Waals surface area contributed by atoms with Gasteiger partial charge in [0, 0.05) is 21.3 Å². The van der Waals surface area contributed by atoms with Crippen molar-refractivity contribution in [1.29, 1.82) is 0 Å². The lowest BCUT2D eigenvalue weighted by atomic mass is 10.4. The number of hydrogen-bond acceptors (Lipinski definition) is 5. The predicted octanol–water partition coefficient (Wildman–Crippen LogP) is 3.17. The molecule has 0 bridgehead atoms. The lowest BCUT2D eigenvalue weighted by molar-refractivity contribution is 0.0593. The van der Waals surface area contributed by atoms with Gasteiger partial charge in [-0.2, -0.15) is 0 Å². The molecule has 0 atom stereocenters. The second-order valence-corrected chi connectivity index (χ2v) is 5.35. The maximum absolute atomic E-state index is 10.9. The maximum atomic E-state index is 10.9. The number of carbonyl (C=O) groups is 2. The molecule has 2 rings (SSSR count). The highest BCUT2D eigenvalue weighted by atomic mass is 79.9. The zero-order valence-corrected chi connectivity index (χ0v) is 14.0. The summed E-state index contributed by atoms with van der Waals surface area (Å²) in [6, 6.07) is 6.47. The van der Waals surface area contributed by atoms with Gasteiger partial charge < -0.3 is 9.84 Å². The summed E-state index contributed by atoms with van der Waals surface area (Å²) in [5.41, 5.74) is 0.358. The molecular weight excluding hydrogens is 408 g/mol. The number of halogens is 2. The van der Waals surface area contributed by atoms with Crippen molar-refractivity contribution in [2.75, 3.05) is 7.11 Å². The Morgan fingerprint density at radius 3 is 1.90 bits per heavy atom. The summed E-state index contributed by atoms with van der Waals surface area (Å²) >= 11 is 6.34. The fourth-order valence-electron chi connectivity index (χ4n) is 1.14. The van der Waals surface area contributed by atoms with Crippen LogP contribution in [-0.4, -0.2) is 34.1 Å². The van der Waals surface area contributed by atoms with Crippen LogP contribution in [0.5, 0.6) is 0 Å². The van der Waals surface area contributed by atoms with Gasteiger partial charge in [-0.05, 0) is 24.3 Å². The molecule has 0 radical (unpaired) electrons. The number of pyridine rings is 2. The van der Waals surface area contributed by atoms with E-state index in [0.717, 1.165) is 8.95 Å². The van der Waals surface area contributed by atoms with Crippen LogP contribution in [0.15, 0.2) is 45.6 Å². The first-order chi connectivity index (χ1) is 9.93. The molecule has 110 valence electrons. The number of aromatic carboxylic acids is 1. The number of rotatable bonds is 2. The lowest BCUT2D eigenvalue weighted by Crippen LogP contribution is -2.03. The number of carboxylic acids is 1. The Morgan fingerprint density at radius 2 is 1.52 bits per heavy atom. The minimum atomic E-state index is -1.01. The van der Waals surface area contributed by atoms with Crippen molar-refractivity contribution in [1.82, 2.24) is 9.97 Å². The third kappa shape index (κ3) is 6.01. The molecular formula is C13H10Br2N2O4. The van der Waals surface area contributed by atoms with Gasteiger partial charge in [-0.25, -0.2) is 19.6 Å². The molecule has 0 saturated heterocycles. The van der Waals surface area contributed by atoms with Crippen LogP contribution < -0.4 is 0 Å². The quantitative estimate of drug-likeness (QED) is 0.754. The highest BCUT2D eigenvalue weighted by Crippen LogP contribution is 2.09. The largest absolute Gasteiger partial charge is 0.477 e. The average Bonchev–Trinajstić information content (AvgIpc) is 2.47. The molecule has 2 aromatic heterocycles. The minimum absolute atomic E-state index is 0.0503. The molecule has 0 aromatic carbocycles. The van der Waals surface area contributed by atoms with E-state index in [1.165, 1.54) is 25.6 Å². The van der Waals surface area contributed by atoms with Crippen molar-refractivity contribution in [3.63, 3.8) is 0 Å². The summed E-state index contributed by atoms with van der Waals surface area (Å²) in [7, 11) is 1.32. The van der Waals surface area contributed by atoms with E-state index in [1.54, 1.807) is 18.2 Å². The fraction of sp³-hybridized carbons (Fsp3) is 0.0769. The molecule has 2 aromatic rings. The number of nitrogens with zero attached hydrogens (tertiary/aromatic N) is 2. The monoisotopic (exact) mass is 416 g/mol. The number of esters is 1. The number of methoxy groups -OCH3 is 1. The molecule has 0 aliphatic rings. The Balaban J connectivity index is 0.000000211. The second-order valence-electron chi connectivity index (χ2n) is 3.52. The third-order valence-electron chi connectivity index (χ3n) is 2.06. The summed E-state index contributed by atoms with van der Waals surface area (Å²) in [4.78, 5) is 28.5. The van der Waals surface area contributed by atoms with Crippen LogP contribution in [0, 0.1) is 0 Å². The molecule has 0 fully saturated rings. The molecule has 0 spiro atoms. The van der Waals surface area contributed by atoms with Crippen LogP contribution in [0.1, 0.15) is 21.0 Å². The van der Waals surface area contributed by atoms with Crippen LogP contribution in [0.25, 0.3) is 0 Å². The van der Waals surface area contributed by atoms with Gasteiger partial charge in [-0.15, -0.1) is 0 Å². The van der Waals surface area contributed by atoms with Gasteiger partial charge in [-0.1, -0.05) is 31.9 Å². The summed E-state index contributed by atoms with van der Waals surface area (Å²) in [5, 5.41) is 8.43. The van der Waals surface area contributed by atoms with E-state index in [9.17, 15) is 9.59 Å². The topological polar surface area (TPSA) is 89.4 Å². The van der Waals surface area contributed by atoms with E-state index in [4.69, 9.17) is 5.11 Å². The lowest BCUT2D eigenvalue weighted by Gasteiger charge is -1.96. The van der Waals surface area contributed by atoms with Gasteiger partial charge in [-0.3, -0.25) is 0 Å². The van der Waals surface area contributed by atoms with Crippen molar-refractivity contribution in [2.45, 2.75) is 0 Å². The van der Waals surface area contributed by atoms with Crippen LogP contribution in [0.3, 0.4) is 0 Å². The smallest absolute Gasteiger partial charge is 0.356 e. The van der Waals surface area contributed by atoms with Gasteiger partial charge in [0.1, 0.15) is 11.4 Å². The molecule has 2 heterocycles. The number of carbonyl (C=O) groups excluding carboxylic acids is 1. The molecule has 0 amide bonds. The number of aromatic nitrogens is 2. The standard InChI is InChI=1S/C7H6BrNO2.C6H4BrNO2/c1-11-7(10)6-4-5(8)2-3-9-6;7-4-1-2-8-5(3-4)6(9)10/h2-4H,1H3;1-3H,(H,9,10).